The predicted octanol–water partition coefficient (Wildman–Crippen LogP) is 3.55. The number of piperidine rings is 1. The Balaban J connectivity index is 1.55. The van der Waals surface area contributed by atoms with Crippen molar-refractivity contribution in [2.24, 2.45) is 23.5 Å². The second-order valence-electron chi connectivity index (χ2n) is 8.22. The molecule has 4 atom stereocenters. The summed E-state index contributed by atoms with van der Waals surface area (Å²) in [6.45, 7) is 2.26. The van der Waals surface area contributed by atoms with Crippen molar-refractivity contribution in [2.45, 2.75) is 82.2 Å². The van der Waals surface area contributed by atoms with E-state index in [2.05, 4.69) is 4.90 Å². The van der Waals surface area contributed by atoms with Crippen LogP contribution in [-0.2, 0) is 0 Å². The smallest absolute Gasteiger partial charge is 0.0337 e. The number of rotatable bonds is 3. The summed E-state index contributed by atoms with van der Waals surface area (Å²) in [4.78, 5) is 2.95. The third-order valence-electron chi connectivity index (χ3n) is 7.13. The molecular formula is C18H32N2. The number of nitrogens with two attached hydrogens (primary N) is 1. The van der Waals surface area contributed by atoms with E-state index < -0.39 is 0 Å². The van der Waals surface area contributed by atoms with Gasteiger partial charge >= 0.3 is 0 Å². The number of fused-ring (bicyclic) bond motifs is 1. The number of hydrogen-bond donors (Lipinski definition) is 1. The van der Waals surface area contributed by atoms with Gasteiger partial charge in [0.25, 0.3) is 0 Å². The molecule has 2 N–H and O–H groups in total. The van der Waals surface area contributed by atoms with Gasteiger partial charge in [-0.3, -0.25) is 4.90 Å². The van der Waals surface area contributed by atoms with Gasteiger partial charge < -0.3 is 5.73 Å². The van der Waals surface area contributed by atoms with E-state index in [0.29, 0.717) is 5.54 Å². The molecule has 4 unspecified atom stereocenters. The Morgan fingerprint density at radius 1 is 0.850 bits per heavy atom. The van der Waals surface area contributed by atoms with Gasteiger partial charge in [0.2, 0.25) is 0 Å². The maximum absolute atomic E-state index is 6.39. The molecule has 114 valence electrons. The Kier molecular flexibility index (Phi) is 3.58. The molecule has 0 aromatic heterocycles. The maximum atomic E-state index is 6.39. The average molecular weight is 276 g/mol. The summed E-state index contributed by atoms with van der Waals surface area (Å²) in [5.41, 5.74) is 6.78. The fourth-order valence-corrected chi connectivity index (χ4v) is 5.96. The summed E-state index contributed by atoms with van der Waals surface area (Å²) in [7, 11) is 0. The Hall–Kier alpha value is -0.0800. The molecule has 0 bridgehead atoms. The number of likely N-dealkylation sites (tertiary alicyclic amines) is 1. The first-order chi connectivity index (χ1) is 9.82. The molecular weight excluding hydrogens is 244 g/mol. The molecule has 0 aromatic rings. The third-order valence-corrected chi connectivity index (χ3v) is 7.13. The van der Waals surface area contributed by atoms with Crippen molar-refractivity contribution in [2.75, 3.05) is 13.1 Å². The fraction of sp³-hybridized carbons (Fsp3) is 1.00. The average Bonchev–Trinajstić information content (AvgIpc) is 3.24. The van der Waals surface area contributed by atoms with Crippen molar-refractivity contribution in [1.29, 1.82) is 0 Å². The van der Waals surface area contributed by atoms with Gasteiger partial charge in [-0.05, 0) is 75.7 Å². The van der Waals surface area contributed by atoms with Crippen molar-refractivity contribution in [3.63, 3.8) is 0 Å². The van der Waals surface area contributed by atoms with Gasteiger partial charge in [0.1, 0.15) is 0 Å². The summed E-state index contributed by atoms with van der Waals surface area (Å²) >= 11 is 0. The minimum Gasteiger partial charge on any atom is -0.329 e. The molecule has 1 aliphatic heterocycles. The Morgan fingerprint density at radius 2 is 1.65 bits per heavy atom. The summed E-state index contributed by atoms with van der Waals surface area (Å²) in [6.07, 6.45) is 16.1. The van der Waals surface area contributed by atoms with E-state index in [-0.39, 0.29) is 0 Å². The summed E-state index contributed by atoms with van der Waals surface area (Å²) in [6, 6.07) is 0.894. The van der Waals surface area contributed by atoms with E-state index in [4.69, 9.17) is 5.73 Å². The minimum absolute atomic E-state index is 0.388. The number of nitrogens with zero attached hydrogens (tertiary/aromatic N) is 1. The highest BCUT2D eigenvalue weighted by Gasteiger charge is 2.49. The highest BCUT2D eigenvalue weighted by atomic mass is 15.3. The fourth-order valence-electron chi connectivity index (χ4n) is 5.96. The van der Waals surface area contributed by atoms with Gasteiger partial charge in [0, 0.05) is 18.1 Å². The van der Waals surface area contributed by atoms with Gasteiger partial charge in [0.15, 0.2) is 0 Å². The van der Waals surface area contributed by atoms with Gasteiger partial charge in [0.05, 0.1) is 0 Å². The van der Waals surface area contributed by atoms with Crippen molar-refractivity contribution in [3.05, 3.63) is 0 Å². The van der Waals surface area contributed by atoms with E-state index in [1.165, 1.54) is 77.2 Å². The first-order valence-corrected chi connectivity index (χ1v) is 9.29. The van der Waals surface area contributed by atoms with E-state index in [0.717, 1.165) is 30.3 Å². The Labute approximate surface area is 124 Å². The van der Waals surface area contributed by atoms with E-state index in [9.17, 15) is 0 Å². The lowest BCUT2D eigenvalue weighted by Crippen LogP contribution is -2.62. The van der Waals surface area contributed by atoms with Crippen LogP contribution in [0.15, 0.2) is 0 Å². The van der Waals surface area contributed by atoms with Crippen LogP contribution in [0, 0.1) is 17.8 Å². The van der Waals surface area contributed by atoms with Crippen LogP contribution in [0.3, 0.4) is 0 Å². The van der Waals surface area contributed by atoms with Gasteiger partial charge in [-0.15, -0.1) is 0 Å². The molecule has 3 aliphatic carbocycles. The third kappa shape index (κ3) is 2.23. The Morgan fingerprint density at radius 3 is 2.45 bits per heavy atom. The zero-order valence-corrected chi connectivity index (χ0v) is 13.0. The maximum Gasteiger partial charge on any atom is 0.0337 e. The predicted molar refractivity (Wildman–Crippen MR) is 83.5 cm³/mol. The summed E-state index contributed by atoms with van der Waals surface area (Å²) in [5.74, 6) is 3.09. The largest absolute Gasteiger partial charge is 0.329 e. The normalized spacial score (nSPS) is 46.4. The zero-order valence-electron chi connectivity index (χ0n) is 13.0. The molecule has 1 saturated heterocycles. The molecule has 2 heteroatoms. The molecule has 0 radical (unpaired) electrons. The number of hydrogen-bond acceptors (Lipinski definition) is 2. The second-order valence-corrected chi connectivity index (χ2v) is 8.22. The second kappa shape index (κ2) is 5.28. The standard InChI is InChI=1S/C18H32N2/c19-13-18(10-2-5-16(12-18)14-8-9-14)20-11-3-6-15-4-1-7-17(15)20/h14-17H,1-13,19H2. The molecule has 2 nitrogen and oxygen atoms in total. The molecule has 4 aliphatic rings. The minimum atomic E-state index is 0.388. The van der Waals surface area contributed by atoms with Gasteiger partial charge in [-0.25, -0.2) is 0 Å². The van der Waals surface area contributed by atoms with Crippen LogP contribution in [0.4, 0.5) is 0 Å². The SMILES string of the molecule is NCC1(N2CCCC3CCCC32)CCCC(C2CC2)C1. The van der Waals surface area contributed by atoms with Crippen LogP contribution in [0.1, 0.15) is 70.6 Å². The van der Waals surface area contributed by atoms with E-state index in [1.54, 1.807) is 0 Å². The molecule has 4 rings (SSSR count). The highest BCUT2D eigenvalue weighted by molar-refractivity contribution is 5.04. The van der Waals surface area contributed by atoms with Crippen molar-refractivity contribution in [1.82, 2.24) is 4.90 Å². The molecule has 20 heavy (non-hydrogen) atoms. The van der Waals surface area contributed by atoms with Crippen LogP contribution in [-0.4, -0.2) is 29.6 Å². The van der Waals surface area contributed by atoms with Crippen LogP contribution in [0.2, 0.25) is 0 Å². The van der Waals surface area contributed by atoms with Crippen molar-refractivity contribution < 1.29 is 0 Å². The molecule has 0 amide bonds. The van der Waals surface area contributed by atoms with Crippen LogP contribution in [0.25, 0.3) is 0 Å². The lowest BCUT2D eigenvalue weighted by Gasteiger charge is -2.54. The van der Waals surface area contributed by atoms with Crippen LogP contribution < -0.4 is 5.73 Å². The van der Waals surface area contributed by atoms with Gasteiger partial charge in [-0.1, -0.05) is 19.3 Å². The molecule has 1 heterocycles. The monoisotopic (exact) mass is 276 g/mol. The zero-order chi connectivity index (χ0) is 13.6. The van der Waals surface area contributed by atoms with E-state index >= 15 is 0 Å². The lowest BCUT2D eigenvalue weighted by atomic mass is 9.71. The molecule has 0 spiro atoms. The lowest BCUT2D eigenvalue weighted by molar-refractivity contribution is -0.0330. The van der Waals surface area contributed by atoms with Crippen molar-refractivity contribution >= 4 is 0 Å². The van der Waals surface area contributed by atoms with Gasteiger partial charge in [-0.2, -0.15) is 0 Å². The van der Waals surface area contributed by atoms with E-state index in [1.807, 2.05) is 0 Å². The summed E-state index contributed by atoms with van der Waals surface area (Å²) in [5, 5.41) is 0. The topological polar surface area (TPSA) is 29.3 Å². The van der Waals surface area contributed by atoms with Crippen LogP contribution in [0.5, 0.6) is 0 Å². The first-order valence-electron chi connectivity index (χ1n) is 9.29. The summed E-state index contributed by atoms with van der Waals surface area (Å²) < 4.78 is 0. The molecule has 4 fully saturated rings. The highest BCUT2D eigenvalue weighted by Crippen LogP contribution is 2.50. The quantitative estimate of drug-likeness (QED) is 0.854. The Bertz CT molecular complexity index is 351. The molecule has 0 aromatic carbocycles. The van der Waals surface area contributed by atoms with Crippen molar-refractivity contribution in [3.8, 4) is 0 Å². The molecule has 3 saturated carbocycles. The van der Waals surface area contributed by atoms with Crippen LogP contribution >= 0.6 is 0 Å². The first kappa shape index (κ1) is 13.6.